The molecular weight excluding hydrogens is 286 g/mol. The average Bonchev–Trinajstić information content (AvgIpc) is 2.51. The summed E-state index contributed by atoms with van der Waals surface area (Å²) >= 11 is 0. The van der Waals surface area contributed by atoms with Crippen molar-refractivity contribution in [3.05, 3.63) is 42.0 Å². The van der Waals surface area contributed by atoms with Crippen molar-refractivity contribution >= 4 is 20.6 Å². The van der Waals surface area contributed by atoms with Gasteiger partial charge in [0, 0.05) is 17.9 Å². The van der Waals surface area contributed by atoms with Crippen molar-refractivity contribution in [1.82, 2.24) is 0 Å². The van der Waals surface area contributed by atoms with Gasteiger partial charge in [-0.05, 0) is 23.3 Å². The first kappa shape index (κ1) is 15.8. The molecule has 2 rings (SSSR count). The zero-order valence-electron chi connectivity index (χ0n) is 12.2. The third-order valence-electron chi connectivity index (χ3n) is 3.50. The molecule has 0 saturated carbocycles. The lowest BCUT2D eigenvalue weighted by atomic mass is 10.0. The third-order valence-corrected chi connectivity index (χ3v) is 5.29. The van der Waals surface area contributed by atoms with E-state index in [0.717, 1.165) is 22.1 Å². The summed E-state index contributed by atoms with van der Waals surface area (Å²) < 4.78 is 28.6. The van der Waals surface area contributed by atoms with E-state index < -0.39 is 9.84 Å². The molecule has 0 atom stereocenters. The molecule has 0 unspecified atom stereocenters. The topological polar surface area (TPSA) is 69.4 Å². The molecule has 0 aliphatic heterocycles. The Bertz CT molecular complexity index is 711. The number of benzene rings is 2. The third kappa shape index (κ3) is 3.95. The summed E-state index contributed by atoms with van der Waals surface area (Å²) in [5, 5.41) is 2.21. The number of ether oxygens (including phenoxy) is 1. The molecule has 5 heteroatoms. The van der Waals surface area contributed by atoms with Gasteiger partial charge in [0.25, 0.3) is 0 Å². The molecule has 0 saturated heterocycles. The van der Waals surface area contributed by atoms with Gasteiger partial charge in [-0.3, -0.25) is 0 Å². The normalized spacial score (nSPS) is 11.7. The number of hydrogen-bond acceptors (Lipinski definition) is 4. The van der Waals surface area contributed by atoms with E-state index in [-0.39, 0.29) is 11.5 Å². The van der Waals surface area contributed by atoms with Gasteiger partial charge in [0.2, 0.25) is 0 Å². The standard InChI is InChI=1S/C16H21NO3S/c1-2-21(18,19)11-5-10-20-16-9-8-13-6-3-4-7-14(13)15(16)12-17/h3-4,6-9H,2,5,10-12,17H2,1H3. The van der Waals surface area contributed by atoms with Gasteiger partial charge in [-0.25, -0.2) is 8.42 Å². The molecule has 0 aliphatic rings. The molecule has 0 fully saturated rings. The minimum Gasteiger partial charge on any atom is -0.493 e. The second-order valence-corrected chi connectivity index (χ2v) is 7.38. The minimum atomic E-state index is -2.93. The van der Waals surface area contributed by atoms with Crippen molar-refractivity contribution in [2.45, 2.75) is 19.9 Å². The number of nitrogens with two attached hydrogens (primary N) is 1. The number of sulfone groups is 1. The molecule has 2 aromatic rings. The number of hydrogen-bond donors (Lipinski definition) is 1. The molecule has 0 bridgehead atoms. The van der Waals surface area contributed by atoms with Crippen LogP contribution in [0.1, 0.15) is 18.9 Å². The lowest BCUT2D eigenvalue weighted by molar-refractivity contribution is 0.315. The van der Waals surface area contributed by atoms with E-state index in [4.69, 9.17) is 10.5 Å². The van der Waals surface area contributed by atoms with Crippen LogP contribution in [0.4, 0.5) is 0 Å². The summed E-state index contributed by atoms with van der Waals surface area (Å²) in [6, 6.07) is 11.9. The van der Waals surface area contributed by atoms with Crippen LogP contribution in [0.5, 0.6) is 5.75 Å². The fraction of sp³-hybridized carbons (Fsp3) is 0.375. The Hall–Kier alpha value is -1.59. The quantitative estimate of drug-likeness (QED) is 0.798. The van der Waals surface area contributed by atoms with Crippen LogP contribution in [0.3, 0.4) is 0 Å². The fourth-order valence-corrected chi connectivity index (χ4v) is 3.11. The summed E-state index contributed by atoms with van der Waals surface area (Å²) in [6.07, 6.45) is 0.493. The molecule has 0 spiro atoms. The summed E-state index contributed by atoms with van der Waals surface area (Å²) in [5.74, 6) is 1.08. The van der Waals surface area contributed by atoms with Gasteiger partial charge in [0.15, 0.2) is 0 Å². The Kier molecular flexibility index (Phi) is 5.20. The Morgan fingerprint density at radius 2 is 1.90 bits per heavy atom. The van der Waals surface area contributed by atoms with Crippen LogP contribution in [0.25, 0.3) is 10.8 Å². The first-order valence-corrected chi connectivity index (χ1v) is 8.93. The van der Waals surface area contributed by atoms with Gasteiger partial charge in [0.1, 0.15) is 15.6 Å². The van der Waals surface area contributed by atoms with Crippen LogP contribution in [-0.2, 0) is 16.4 Å². The average molecular weight is 307 g/mol. The maximum atomic E-state index is 11.4. The van der Waals surface area contributed by atoms with Gasteiger partial charge in [-0.2, -0.15) is 0 Å². The van der Waals surface area contributed by atoms with E-state index in [2.05, 4.69) is 0 Å². The van der Waals surface area contributed by atoms with Gasteiger partial charge >= 0.3 is 0 Å². The zero-order valence-corrected chi connectivity index (χ0v) is 13.0. The van der Waals surface area contributed by atoms with Crippen LogP contribution in [0.2, 0.25) is 0 Å². The lowest BCUT2D eigenvalue weighted by Crippen LogP contribution is -2.12. The van der Waals surface area contributed by atoms with Crippen molar-refractivity contribution in [3.8, 4) is 5.75 Å². The van der Waals surface area contributed by atoms with Crippen LogP contribution < -0.4 is 10.5 Å². The van der Waals surface area contributed by atoms with Crippen LogP contribution in [0, 0.1) is 0 Å². The van der Waals surface area contributed by atoms with E-state index in [1.165, 1.54) is 0 Å². The highest BCUT2D eigenvalue weighted by Crippen LogP contribution is 2.27. The molecule has 0 radical (unpaired) electrons. The predicted molar refractivity (Wildman–Crippen MR) is 86.3 cm³/mol. The molecule has 0 amide bonds. The molecule has 21 heavy (non-hydrogen) atoms. The molecule has 4 nitrogen and oxygen atoms in total. The van der Waals surface area contributed by atoms with Gasteiger partial charge in [0.05, 0.1) is 12.4 Å². The van der Waals surface area contributed by atoms with Crippen LogP contribution in [-0.4, -0.2) is 26.5 Å². The second-order valence-electron chi connectivity index (χ2n) is 4.91. The molecule has 0 heterocycles. The largest absolute Gasteiger partial charge is 0.493 e. The van der Waals surface area contributed by atoms with E-state index >= 15 is 0 Å². The maximum Gasteiger partial charge on any atom is 0.150 e. The van der Waals surface area contributed by atoms with Crippen LogP contribution >= 0.6 is 0 Å². The van der Waals surface area contributed by atoms with E-state index in [9.17, 15) is 8.42 Å². The Morgan fingerprint density at radius 3 is 2.62 bits per heavy atom. The van der Waals surface area contributed by atoms with E-state index in [0.29, 0.717) is 19.6 Å². The first-order valence-electron chi connectivity index (χ1n) is 7.11. The lowest BCUT2D eigenvalue weighted by Gasteiger charge is -2.13. The summed E-state index contributed by atoms with van der Waals surface area (Å²) in [6.45, 7) is 2.43. The zero-order chi connectivity index (χ0) is 15.3. The minimum absolute atomic E-state index is 0.162. The van der Waals surface area contributed by atoms with Crippen molar-refractivity contribution in [2.24, 2.45) is 5.73 Å². The molecule has 0 aromatic heterocycles. The molecule has 114 valence electrons. The van der Waals surface area contributed by atoms with E-state index in [1.54, 1.807) is 6.92 Å². The second kappa shape index (κ2) is 6.91. The number of rotatable bonds is 7. The molecule has 0 aliphatic carbocycles. The Morgan fingerprint density at radius 1 is 1.14 bits per heavy atom. The SMILES string of the molecule is CCS(=O)(=O)CCCOc1ccc2ccccc2c1CN. The highest BCUT2D eigenvalue weighted by Gasteiger charge is 2.09. The van der Waals surface area contributed by atoms with Gasteiger partial charge in [-0.15, -0.1) is 0 Å². The Labute approximate surface area is 125 Å². The highest BCUT2D eigenvalue weighted by atomic mass is 32.2. The molecule has 2 aromatic carbocycles. The first-order chi connectivity index (χ1) is 10.1. The molecule has 2 N–H and O–H groups in total. The van der Waals surface area contributed by atoms with Crippen molar-refractivity contribution < 1.29 is 13.2 Å². The highest BCUT2D eigenvalue weighted by molar-refractivity contribution is 7.91. The van der Waals surface area contributed by atoms with Crippen molar-refractivity contribution in [1.29, 1.82) is 0 Å². The van der Waals surface area contributed by atoms with E-state index in [1.807, 2.05) is 36.4 Å². The van der Waals surface area contributed by atoms with Crippen LogP contribution in [0.15, 0.2) is 36.4 Å². The molecular formula is C16H21NO3S. The van der Waals surface area contributed by atoms with Crippen molar-refractivity contribution in [2.75, 3.05) is 18.1 Å². The predicted octanol–water partition coefficient (Wildman–Crippen LogP) is 2.50. The summed E-state index contributed by atoms with van der Waals surface area (Å²) in [5.41, 5.74) is 6.80. The smallest absolute Gasteiger partial charge is 0.150 e. The summed E-state index contributed by atoms with van der Waals surface area (Å²) in [4.78, 5) is 0. The van der Waals surface area contributed by atoms with Gasteiger partial charge < -0.3 is 10.5 Å². The van der Waals surface area contributed by atoms with Crippen molar-refractivity contribution in [3.63, 3.8) is 0 Å². The number of fused-ring (bicyclic) bond motifs is 1. The fourth-order valence-electron chi connectivity index (χ4n) is 2.27. The monoisotopic (exact) mass is 307 g/mol. The maximum absolute atomic E-state index is 11.4. The summed E-state index contributed by atoms with van der Waals surface area (Å²) in [7, 11) is -2.93. The Balaban J connectivity index is 2.08. The van der Waals surface area contributed by atoms with Gasteiger partial charge in [-0.1, -0.05) is 37.3 Å².